The predicted molar refractivity (Wildman–Crippen MR) is 106 cm³/mol. The van der Waals surface area contributed by atoms with Crippen molar-refractivity contribution in [2.24, 2.45) is 0 Å². The average molecular weight is 323 g/mol. The van der Waals surface area contributed by atoms with Crippen LogP contribution in [-0.2, 0) is 0 Å². The van der Waals surface area contributed by atoms with Crippen molar-refractivity contribution in [1.82, 2.24) is 0 Å². The van der Waals surface area contributed by atoms with E-state index in [1.54, 1.807) is 5.20 Å². The highest BCUT2D eigenvalue weighted by Crippen LogP contribution is 2.17. The third kappa shape index (κ3) is 4.45. The lowest BCUT2D eigenvalue weighted by atomic mass is 10.1. The van der Waals surface area contributed by atoms with Crippen LogP contribution in [0.2, 0.25) is 6.55 Å². The van der Waals surface area contributed by atoms with Gasteiger partial charge in [-0.2, -0.15) is 0 Å². The average Bonchev–Trinajstić information content (AvgIpc) is 2.62. The summed E-state index contributed by atoms with van der Waals surface area (Å²) in [6.45, 7) is 7.12. The van der Waals surface area contributed by atoms with Gasteiger partial charge in [-0.15, -0.1) is 0 Å². The Morgan fingerprint density at radius 3 is 1.83 bits per heavy atom. The third-order valence-corrected chi connectivity index (χ3v) is 9.76. The van der Waals surface area contributed by atoms with Crippen molar-refractivity contribution >= 4 is 18.4 Å². The summed E-state index contributed by atoms with van der Waals surface area (Å²) in [7, 11) is -1.81. The van der Waals surface area contributed by atoms with E-state index in [2.05, 4.69) is 87.1 Å². The summed E-state index contributed by atoms with van der Waals surface area (Å²) < 4.78 is 0. The lowest BCUT2D eigenvalue weighted by Gasteiger charge is -2.30. The van der Waals surface area contributed by atoms with E-state index >= 15 is 0 Å². The van der Waals surface area contributed by atoms with Crippen molar-refractivity contribution in [3.05, 3.63) is 71.9 Å². The zero-order valence-electron chi connectivity index (χ0n) is 14.9. The van der Waals surface area contributed by atoms with Gasteiger partial charge in [0, 0.05) is 0 Å². The van der Waals surface area contributed by atoms with E-state index in [0.29, 0.717) is 0 Å². The Morgan fingerprint density at radius 1 is 0.826 bits per heavy atom. The van der Waals surface area contributed by atoms with Gasteiger partial charge in [0.1, 0.15) is 8.07 Å². The first-order valence-electron chi connectivity index (χ1n) is 8.98. The van der Waals surface area contributed by atoms with Gasteiger partial charge in [-0.05, 0) is 30.1 Å². The topological polar surface area (TPSA) is 0 Å². The number of hydrogen-bond donors (Lipinski definition) is 0. The maximum atomic E-state index is 2.52. The van der Waals surface area contributed by atoms with Crippen molar-refractivity contribution < 1.29 is 0 Å². The summed E-state index contributed by atoms with van der Waals surface area (Å²) in [6, 6.07) is 22.2. The molecule has 0 atom stereocenters. The van der Waals surface area contributed by atoms with Crippen LogP contribution >= 0.6 is 0 Å². The van der Waals surface area contributed by atoms with E-state index < -0.39 is 8.07 Å². The molecule has 0 aliphatic rings. The molecule has 1 heteroatoms. The lowest BCUT2D eigenvalue weighted by molar-refractivity contribution is 0.674. The summed E-state index contributed by atoms with van der Waals surface area (Å²) in [5.41, 5.74) is 0. The van der Waals surface area contributed by atoms with Crippen LogP contribution in [0.25, 0.3) is 0 Å². The van der Waals surface area contributed by atoms with Crippen LogP contribution in [0.5, 0.6) is 0 Å². The Balaban J connectivity index is 2.29. The van der Waals surface area contributed by atoms with E-state index in [9.17, 15) is 0 Å². The number of allylic oxidation sites excluding steroid dienone is 2. The van der Waals surface area contributed by atoms with Gasteiger partial charge >= 0.3 is 0 Å². The molecule has 0 aliphatic heterocycles. The minimum absolute atomic E-state index is 1.22. The first-order valence-corrected chi connectivity index (χ1v) is 11.5. The lowest BCUT2D eigenvalue weighted by Crippen LogP contribution is -2.57. The van der Waals surface area contributed by atoms with Crippen molar-refractivity contribution in [2.75, 3.05) is 0 Å². The van der Waals surface area contributed by atoms with Crippen LogP contribution < -0.4 is 10.4 Å². The Bertz CT molecular complexity index is 559. The third-order valence-electron chi connectivity index (χ3n) is 5.00. The van der Waals surface area contributed by atoms with Crippen molar-refractivity contribution in [3.63, 3.8) is 0 Å². The van der Waals surface area contributed by atoms with Crippen molar-refractivity contribution in [1.29, 1.82) is 0 Å². The van der Waals surface area contributed by atoms with Crippen LogP contribution in [0, 0.1) is 0 Å². The van der Waals surface area contributed by atoms with Gasteiger partial charge in [0.15, 0.2) is 0 Å². The molecule has 0 amide bonds. The Hall–Kier alpha value is -1.60. The van der Waals surface area contributed by atoms with Gasteiger partial charge in [0.05, 0.1) is 0 Å². The summed E-state index contributed by atoms with van der Waals surface area (Å²) in [6.07, 6.45) is 9.08. The van der Waals surface area contributed by atoms with E-state index in [4.69, 9.17) is 0 Å². The molecule has 0 nitrogen and oxygen atoms in total. The standard InChI is InChI=1S/C22H30Si/c1-4-5-6-7-10-15-20(2)23(3,21-16-11-8-12-17-21)22-18-13-9-14-19-22/h8-9,11-19H,4-7,10H2,1-3H3/b20-15+. The summed E-state index contributed by atoms with van der Waals surface area (Å²) >= 11 is 0. The minimum Gasteiger partial charge on any atom is -0.0888 e. The first-order chi connectivity index (χ1) is 11.2. The second-order valence-electron chi connectivity index (χ2n) is 6.59. The fourth-order valence-corrected chi connectivity index (χ4v) is 6.77. The fourth-order valence-electron chi connectivity index (χ4n) is 3.26. The van der Waals surface area contributed by atoms with Crippen LogP contribution in [0.15, 0.2) is 71.9 Å². The van der Waals surface area contributed by atoms with Crippen LogP contribution in [-0.4, -0.2) is 8.07 Å². The summed E-state index contributed by atoms with van der Waals surface area (Å²) in [4.78, 5) is 0. The Kier molecular flexibility index (Phi) is 6.85. The molecular formula is C22H30Si. The molecule has 0 bridgehead atoms. The largest absolute Gasteiger partial charge is 0.140 e. The predicted octanol–water partition coefficient (Wildman–Crippen LogP) is 5.34. The van der Waals surface area contributed by atoms with Gasteiger partial charge in [-0.3, -0.25) is 0 Å². The summed E-state index contributed by atoms with van der Waals surface area (Å²) in [5, 5.41) is 4.61. The van der Waals surface area contributed by atoms with Crippen molar-refractivity contribution in [2.45, 2.75) is 52.5 Å². The Morgan fingerprint density at radius 2 is 1.35 bits per heavy atom. The molecule has 2 rings (SSSR count). The number of hydrogen-bond acceptors (Lipinski definition) is 0. The highest BCUT2D eigenvalue weighted by Gasteiger charge is 2.33. The number of unbranched alkanes of at least 4 members (excludes halogenated alkanes) is 4. The minimum atomic E-state index is -1.81. The molecule has 0 radical (unpaired) electrons. The van der Waals surface area contributed by atoms with Crippen LogP contribution in [0.4, 0.5) is 0 Å². The van der Waals surface area contributed by atoms with Gasteiger partial charge in [-0.1, -0.05) is 105 Å². The highest BCUT2D eigenvalue weighted by atomic mass is 28.3. The van der Waals surface area contributed by atoms with Gasteiger partial charge in [-0.25, -0.2) is 0 Å². The smallest absolute Gasteiger partial charge is 0.0888 e. The maximum absolute atomic E-state index is 2.52. The maximum Gasteiger partial charge on any atom is 0.140 e. The molecule has 0 aliphatic carbocycles. The van der Waals surface area contributed by atoms with E-state index in [1.807, 2.05) is 0 Å². The molecule has 23 heavy (non-hydrogen) atoms. The first kappa shape index (κ1) is 17.7. The molecule has 0 saturated heterocycles. The molecule has 0 N–H and O–H groups in total. The highest BCUT2D eigenvalue weighted by molar-refractivity contribution is 7.06. The monoisotopic (exact) mass is 322 g/mol. The number of benzene rings is 2. The van der Waals surface area contributed by atoms with Gasteiger partial charge in [0.25, 0.3) is 0 Å². The molecular weight excluding hydrogens is 292 g/mol. The quantitative estimate of drug-likeness (QED) is 0.455. The Labute approximate surface area is 143 Å². The van der Waals surface area contributed by atoms with Gasteiger partial charge in [0.2, 0.25) is 0 Å². The zero-order valence-corrected chi connectivity index (χ0v) is 15.9. The normalized spacial score (nSPS) is 12.4. The molecule has 122 valence electrons. The molecule has 2 aromatic carbocycles. The van der Waals surface area contributed by atoms with Crippen LogP contribution in [0.3, 0.4) is 0 Å². The van der Waals surface area contributed by atoms with E-state index in [1.165, 1.54) is 42.5 Å². The molecule has 0 unspecified atom stereocenters. The van der Waals surface area contributed by atoms with Crippen molar-refractivity contribution in [3.8, 4) is 0 Å². The molecule has 2 aromatic rings. The molecule has 0 spiro atoms. The second-order valence-corrected chi connectivity index (χ2v) is 10.8. The molecule has 0 saturated carbocycles. The van der Waals surface area contributed by atoms with Crippen LogP contribution in [0.1, 0.15) is 46.0 Å². The van der Waals surface area contributed by atoms with Gasteiger partial charge < -0.3 is 0 Å². The molecule has 0 aromatic heterocycles. The number of rotatable bonds is 8. The zero-order chi connectivity index (χ0) is 16.5. The fraction of sp³-hybridized carbons (Fsp3) is 0.364. The SMILES string of the molecule is CCCCCC/C=C(\C)[Si](C)(c1ccccc1)c1ccccc1. The molecule has 0 fully saturated rings. The van der Waals surface area contributed by atoms with E-state index in [0.717, 1.165) is 0 Å². The molecule has 0 heterocycles. The second kappa shape index (κ2) is 8.88. The summed E-state index contributed by atoms with van der Waals surface area (Å²) in [5.74, 6) is 0. The van der Waals surface area contributed by atoms with E-state index in [-0.39, 0.29) is 0 Å².